The van der Waals surface area contributed by atoms with Crippen molar-refractivity contribution in [2.45, 2.75) is 0 Å². The molecule has 1 heteroatoms. The highest BCUT2D eigenvalue weighted by Crippen LogP contribution is 2.35. The van der Waals surface area contributed by atoms with Gasteiger partial charge in [-0.05, 0) is 34.9 Å². The molecule has 26 heavy (non-hydrogen) atoms. The molecule has 0 aromatic heterocycles. The first kappa shape index (κ1) is 16.2. The maximum Gasteiger partial charge on any atom is 0.0487 e. The maximum absolute atomic E-state index is 2.26. The van der Waals surface area contributed by atoms with E-state index in [0.717, 1.165) is 0 Å². The molecule has 0 aliphatic carbocycles. The molecule has 0 fully saturated rings. The number of hydrogen-bond acceptors (Lipinski definition) is 1. The molecular weight excluding hydrogens is 314 g/mol. The zero-order chi connectivity index (χ0) is 17.8. The molecule has 0 aliphatic rings. The van der Waals surface area contributed by atoms with Crippen LogP contribution >= 0.6 is 0 Å². The van der Waals surface area contributed by atoms with Crippen molar-refractivity contribution >= 4 is 11.4 Å². The molecule has 0 bridgehead atoms. The van der Waals surface area contributed by atoms with Crippen LogP contribution in [0.5, 0.6) is 0 Å². The molecule has 0 N–H and O–H groups in total. The van der Waals surface area contributed by atoms with E-state index in [1.807, 2.05) is 0 Å². The standard InChI is InChI=1S/C25H21N/c1-26(23-16-10-15-22(19-23)20-11-4-2-5-12-20)25-18-9-8-17-24(25)21-13-6-3-7-14-21/h2-19H,1H3. The van der Waals surface area contributed by atoms with Crippen molar-refractivity contribution in [3.8, 4) is 22.3 Å². The molecule has 0 radical (unpaired) electrons. The normalized spacial score (nSPS) is 10.5. The largest absolute Gasteiger partial charge is 0.344 e. The van der Waals surface area contributed by atoms with Gasteiger partial charge in [-0.3, -0.25) is 0 Å². The number of rotatable bonds is 4. The van der Waals surface area contributed by atoms with Crippen molar-refractivity contribution in [3.63, 3.8) is 0 Å². The summed E-state index contributed by atoms with van der Waals surface area (Å²) < 4.78 is 0. The van der Waals surface area contributed by atoms with Crippen LogP contribution < -0.4 is 4.90 Å². The third-order valence-electron chi connectivity index (χ3n) is 4.69. The molecular formula is C25H21N. The Bertz CT molecular complexity index is 991. The first-order valence-corrected chi connectivity index (χ1v) is 8.86. The van der Waals surface area contributed by atoms with E-state index in [1.165, 1.54) is 33.6 Å². The SMILES string of the molecule is CN(c1cccc(-c2ccccc2)c1)c1ccccc1-c1ccccc1. The molecule has 0 aliphatic heterocycles. The Balaban J connectivity index is 1.75. The van der Waals surface area contributed by atoms with Crippen molar-refractivity contribution < 1.29 is 0 Å². The first-order chi connectivity index (χ1) is 12.8. The minimum Gasteiger partial charge on any atom is -0.344 e. The van der Waals surface area contributed by atoms with E-state index in [2.05, 4.69) is 121 Å². The smallest absolute Gasteiger partial charge is 0.0487 e. The van der Waals surface area contributed by atoms with Gasteiger partial charge in [-0.2, -0.15) is 0 Å². The Morgan fingerprint density at radius 1 is 0.500 bits per heavy atom. The summed E-state index contributed by atoms with van der Waals surface area (Å²) in [6, 6.07) is 38.3. The second-order valence-electron chi connectivity index (χ2n) is 6.36. The summed E-state index contributed by atoms with van der Waals surface area (Å²) in [4.78, 5) is 2.26. The summed E-state index contributed by atoms with van der Waals surface area (Å²) in [6.45, 7) is 0. The van der Waals surface area contributed by atoms with Crippen LogP contribution in [0.3, 0.4) is 0 Å². The molecule has 1 nitrogen and oxygen atoms in total. The first-order valence-electron chi connectivity index (χ1n) is 8.86. The Labute approximate surface area is 155 Å². The molecule has 126 valence electrons. The molecule has 4 aromatic rings. The van der Waals surface area contributed by atoms with Gasteiger partial charge in [0.05, 0.1) is 0 Å². The number of benzene rings is 4. The predicted octanol–water partition coefficient (Wildman–Crippen LogP) is 6.79. The van der Waals surface area contributed by atoms with E-state index in [9.17, 15) is 0 Å². The third-order valence-corrected chi connectivity index (χ3v) is 4.69. The van der Waals surface area contributed by atoms with Gasteiger partial charge in [0, 0.05) is 24.0 Å². The third kappa shape index (κ3) is 3.25. The Morgan fingerprint density at radius 2 is 1.08 bits per heavy atom. The number of hydrogen-bond donors (Lipinski definition) is 0. The van der Waals surface area contributed by atoms with Crippen LogP contribution in [0, 0.1) is 0 Å². The number of anilines is 2. The topological polar surface area (TPSA) is 3.24 Å². The second kappa shape index (κ2) is 7.28. The fourth-order valence-electron chi connectivity index (χ4n) is 3.29. The van der Waals surface area contributed by atoms with Crippen LogP contribution in [0.15, 0.2) is 109 Å². The average molecular weight is 335 g/mol. The molecule has 0 atom stereocenters. The van der Waals surface area contributed by atoms with E-state index >= 15 is 0 Å². The highest BCUT2D eigenvalue weighted by atomic mass is 15.1. The van der Waals surface area contributed by atoms with Gasteiger partial charge in [-0.15, -0.1) is 0 Å². The van der Waals surface area contributed by atoms with Crippen LogP contribution in [0.1, 0.15) is 0 Å². The van der Waals surface area contributed by atoms with E-state index in [-0.39, 0.29) is 0 Å². The molecule has 0 saturated heterocycles. The van der Waals surface area contributed by atoms with Crippen molar-refractivity contribution in [2.24, 2.45) is 0 Å². The van der Waals surface area contributed by atoms with Gasteiger partial charge in [0.2, 0.25) is 0 Å². The summed E-state index contributed by atoms with van der Waals surface area (Å²) >= 11 is 0. The monoisotopic (exact) mass is 335 g/mol. The molecule has 0 amide bonds. The summed E-state index contributed by atoms with van der Waals surface area (Å²) in [5.41, 5.74) is 7.31. The number of nitrogens with zero attached hydrogens (tertiary/aromatic N) is 1. The number of para-hydroxylation sites is 1. The van der Waals surface area contributed by atoms with Gasteiger partial charge in [-0.25, -0.2) is 0 Å². The average Bonchev–Trinajstić information content (AvgIpc) is 2.74. The highest BCUT2D eigenvalue weighted by Gasteiger charge is 2.11. The van der Waals surface area contributed by atoms with E-state index in [0.29, 0.717) is 0 Å². The summed E-state index contributed by atoms with van der Waals surface area (Å²) in [5.74, 6) is 0. The molecule has 0 heterocycles. The Kier molecular flexibility index (Phi) is 4.53. The van der Waals surface area contributed by atoms with Gasteiger partial charge >= 0.3 is 0 Å². The van der Waals surface area contributed by atoms with Crippen molar-refractivity contribution in [1.29, 1.82) is 0 Å². The molecule has 0 unspecified atom stereocenters. The second-order valence-corrected chi connectivity index (χ2v) is 6.36. The summed E-state index contributed by atoms with van der Waals surface area (Å²) in [5, 5.41) is 0. The minimum absolute atomic E-state index is 1.18. The molecule has 4 rings (SSSR count). The van der Waals surface area contributed by atoms with Crippen LogP contribution in [0.25, 0.3) is 22.3 Å². The Morgan fingerprint density at radius 3 is 1.81 bits per heavy atom. The zero-order valence-corrected chi connectivity index (χ0v) is 14.8. The van der Waals surface area contributed by atoms with Crippen molar-refractivity contribution in [3.05, 3.63) is 109 Å². The van der Waals surface area contributed by atoms with Crippen LogP contribution in [-0.4, -0.2) is 7.05 Å². The lowest BCUT2D eigenvalue weighted by Gasteiger charge is -2.23. The van der Waals surface area contributed by atoms with Gasteiger partial charge in [-0.1, -0.05) is 91.0 Å². The van der Waals surface area contributed by atoms with Crippen molar-refractivity contribution in [1.82, 2.24) is 0 Å². The van der Waals surface area contributed by atoms with E-state index in [1.54, 1.807) is 0 Å². The fraction of sp³-hybridized carbons (Fsp3) is 0.0400. The fourth-order valence-corrected chi connectivity index (χ4v) is 3.29. The van der Waals surface area contributed by atoms with Gasteiger partial charge in [0.1, 0.15) is 0 Å². The van der Waals surface area contributed by atoms with Crippen LogP contribution in [0.2, 0.25) is 0 Å². The maximum atomic E-state index is 2.26. The molecule has 4 aromatic carbocycles. The lowest BCUT2D eigenvalue weighted by molar-refractivity contribution is 1.21. The van der Waals surface area contributed by atoms with Crippen LogP contribution in [-0.2, 0) is 0 Å². The predicted molar refractivity (Wildman–Crippen MR) is 112 cm³/mol. The van der Waals surface area contributed by atoms with E-state index in [4.69, 9.17) is 0 Å². The van der Waals surface area contributed by atoms with Gasteiger partial charge < -0.3 is 4.90 Å². The van der Waals surface area contributed by atoms with Gasteiger partial charge in [0.25, 0.3) is 0 Å². The molecule has 0 spiro atoms. The summed E-state index contributed by atoms with van der Waals surface area (Å²) in [6.07, 6.45) is 0. The lowest BCUT2D eigenvalue weighted by atomic mass is 10.0. The van der Waals surface area contributed by atoms with Crippen molar-refractivity contribution in [2.75, 3.05) is 11.9 Å². The lowest BCUT2D eigenvalue weighted by Crippen LogP contribution is -2.10. The van der Waals surface area contributed by atoms with Gasteiger partial charge in [0.15, 0.2) is 0 Å². The summed E-state index contributed by atoms with van der Waals surface area (Å²) in [7, 11) is 2.13. The van der Waals surface area contributed by atoms with E-state index < -0.39 is 0 Å². The minimum atomic E-state index is 1.18. The Hall–Kier alpha value is -3.32. The molecule has 0 saturated carbocycles. The quantitative estimate of drug-likeness (QED) is 0.397. The zero-order valence-electron chi connectivity index (χ0n) is 14.8. The highest BCUT2D eigenvalue weighted by molar-refractivity contribution is 5.83. The van der Waals surface area contributed by atoms with Crippen LogP contribution in [0.4, 0.5) is 11.4 Å².